The number of aliphatic carboxylic acids is 1. The van der Waals surface area contributed by atoms with Crippen LogP contribution in [0.4, 0.5) is 0 Å². The van der Waals surface area contributed by atoms with Gasteiger partial charge in [0.1, 0.15) is 0 Å². The molecule has 2 heterocycles. The normalized spacial score (nSPS) is 19.8. The van der Waals surface area contributed by atoms with Gasteiger partial charge in [0.2, 0.25) is 18.3 Å². The lowest BCUT2D eigenvalue weighted by Crippen LogP contribution is -2.50. The number of carboxylic acid groups (broad SMARTS) is 1. The molecule has 0 spiro atoms. The Morgan fingerprint density at radius 3 is 2.72 bits per heavy atom. The molecular formula is C15H26BN2O7+. The van der Waals surface area contributed by atoms with E-state index < -0.39 is 25.1 Å². The summed E-state index contributed by atoms with van der Waals surface area (Å²) in [6.07, 6.45) is 1.74. The molecule has 0 aromatic carbocycles. The molecule has 9 nitrogen and oxygen atoms in total. The number of amides is 1. The predicted octanol–water partition coefficient (Wildman–Crippen LogP) is -0.579. The van der Waals surface area contributed by atoms with E-state index in [0.717, 1.165) is 4.73 Å². The van der Waals surface area contributed by atoms with Crippen LogP contribution in [0, 0.1) is 0 Å². The van der Waals surface area contributed by atoms with Crippen molar-refractivity contribution in [2.45, 2.75) is 39.7 Å². The third kappa shape index (κ3) is 7.50. The molecule has 2 atom stereocenters. The third-order valence-electron chi connectivity index (χ3n) is 3.24. The minimum absolute atomic E-state index is 0. The summed E-state index contributed by atoms with van der Waals surface area (Å²) in [6.45, 7) is 0.0384. The number of nitrogens with one attached hydrogen (secondary N) is 1. The molecule has 1 aromatic heterocycles. The summed E-state index contributed by atoms with van der Waals surface area (Å²) >= 11 is 0. The highest BCUT2D eigenvalue weighted by atomic mass is 16.6. The molecule has 1 amide bonds. The number of hydrogen-bond acceptors (Lipinski definition) is 6. The minimum atomic E-state index is -1.36. The molecule has 10 heteroatoms. The zero-order chi connectivity index (χ0) is 16.8. The van der Waals surface area contributed by atoms with Crippen molar-refractivity contribution in [1.82, 2.24) is 5.32 Å². The van der Waals surface area contributed by atoms with Gasteiger partial charge >= 0.3 is 13.1 Å². The van der Waals surface area contributed by atoms with Gasteiger partial charge in [0.05, 0.1) is 38.1 Å². The molecule has 1 saturated heterocycles. The fourth-order valence-corrected chi connectivity index (χ4v) is 2.21. The Morgan fingerprint density at radius 2 is 2.08 bits per heavy atom. The summed E-state index contributed by atoms with van der Waals surface area (Å²) in [6, 6.07) is 3.26. The summed E-state index contributed by atoms with van der Waals surface area (Å²) < 4.78 is 11.3. The van der Waals surface area contributed by atoms with E-state index in [1.54, 1.807) is 12.1 Å². The van der Waals surface area contributed by atoms with Crippen LogP contribution in [0.2, 0.25) is 0 Å². The number of hydrogen-bond donors (Lipinski definition) is 4. The van der Waals surface area contributed by atoms with Gasteiger partial charge in [-0.3, -0.25) is 14.8 Å². The number of pyridine rings is 1. The highest BCUT2D eigenvalue weighted by molar-refractivity contribution is 6.45. The zero-order valence-corrected chi connectivity index (χ0v) is 12.3. The Morgan fingerprint density at radius 1 is 1.36 bits per heavy atom. The van der Waals surface area contributed by atoms with E-state index in [0.29, 0.717) is 5.56 Å². The van der Waals surface area contributed by atoms with Gasteiger partial charge in [-0.1, -0.05) is 14.9 Å². The van der Waals surface area contributed by atoms with Crippen molar-refractivity contribution >= 4 is 19.0 Å². The first-order chi connectivity index (χ1) is 10.9. The summed E-state index contributed by atoms with van der Waals surface area (Å²) in [4.78, 5) is 22.7. The van der Waals surface area contributed by atoms with Gasteiger partial charge in [-0.05, 0) is 6.07 Å². The molecule has 1 aliphatic heterocycles. The molecule has 140 valence electrons. The molecule has 4 N–H and O–H groups in total. The van der Waals surface area contributed by atoms with Crippen LogP contribution in [0.25, 0.3) is 0 Å². The van der Waals surface area contributed by atoms with Gasteiger partial charge in [0.15, 0.2) is 0 Å². The van der Waals surface area contributed by atoms with E-state index in [2.05, 4.69) is 5.32 Å². The lowest BCUT2D eigenvalue weighted by atomic mass is 9.79. The molecule has 1 aliphatic rings. The molecule has 2 rings (SSSR count). The van der Waals surface area contributed by atoms with E-state index in [4.69, 9.17) is 14.5 Å². The highest BCUT2D eigenvalue weighted by Crippen LogP contribution is 2.09. The lowest BCUT2D eigenvalue weighted by Gasteiger charge is -2.18. The Bertz CT molecular complexity index is 573. The molecular weight excluding hydrogens is 331 g/mol. The quantitative estimate of drug-likeness (QED) is 0.315. The summed E-state index contributed by atoms with van der Waals surface area (Å²) in [5.41, 5.74) is 0.584. The van der Waals surface area contributed by atoms with Gasteiger partial charge in [-0.2, -0.15) is 0 Å². The van der Waals surface area contributed by atoms with Gasteiger partial charge in [-0.25, -0.2) is 0 Å². The van der Waals surface area contributed by atoms with Crippen molar-refractivity contribution in [2.75, 3.05) is 13.2 Å². The van der Waals surface area contributed by atoms with E-state index in [1.807, 2.05) is 0 Å². The molecule has 0 aliphatic carbocycles. The zero-order valence-electron chi connectivity index (χ0n) is 12.3. The Kier molecular flexibility index (Phi) is 9.73. The van der Waals surface area contributed by atoms with Crippen molar-refractivity contribution in [3.63, 3.8) is 0 Å². The first-order valence-corrected chi connectivity index (χ1v) is 7.06. The van der Waals surface area contributed by atoms with E-state index in [-0.39, 0.29) is 46.8 Å². The number of aromatic nitrogens is 1. The topological polar surface area (TPSA) is 129 Å². The fourth-order valence-electron chi connectivity index (χ4n) is 2.21. The van der Waals surface area contributed by atoms with Crippen LogP contribution < -0.4 is 10.0 Å². The maximum absolute atomic E-state index is 12.0. The van der Waals surface area contributed by atoms with Crippen LogP contribution in [-0.4, -0.2) is 59.6 Å². The standard InChI is InChI=1S/C13H17BN2O7.2CH4/c17-12(4-9-2-1-3-16(21)6-9)15-11-8-22-7-10(5-13(18)19)23-14(11)20;;/h1-3,6,10-11,20H,4-5,7-8H2,(H2-,15,17,18,19,21);2*1H4/p+1/t10-,11-;;/m0../s1. The van der Waals surface area contributed by atoms with Gasteiger partial charge < -0.3 is 24.8 Å². The molecule has 25 heavy (non-hydrogen) atoms. The Balaban J connectivity index is 0.00000288. The average molecular weight is 357 g/mol. The van der Waals surface area contributed by atoms with Crippen LogP contribution in [-0.2, 0) is 25.4 Å². The maximum atomic E-state index is 12.0. The van der Waals surface area contributed by atoms with Crippen LogP contribution in [0.1, 0.15) is 26.8 Å². The van der Waals surface area contributed by atoms with Crippen molar-refractivity contribution in [2.24, 2.45) is 0 Å². The molecule has 1 aromatic rings. The first-order valence-electron chi connectivity index (χ1n) is 7.06. The van der Waals surface area contributed by atoms with Crippen molar-refractivity contribution < 1.29 is 39.0 Å². The predicted molar refractivity (Wildman–Crippen MR) is 88.8 cm³/mol. The number of rotatable bonds is 5. The van der Waals surface area contributed by atoms with Crippen LogP contribution in [0.3, 0.4) is 0 Å². The lowest BCUT2D eigenvalue weighted by molar-refractivity contribution is -0.905. The fraction of sp³-hybridized carbons (Fsp3) is 0.533. The Hall–Kier alpha value is -2.17. The second-order valence-electron chi connectivity index (χ2n) is 5.23. The van der Waals surface area contributed by atoms with Crippen LogP contribution in [0.5, 0.6) is 0 Å². The van der Waals surface area contributed by atoms with Gasteiger partial charge in [0.25, 0.3) is 0 Å². The second kappa shape index (κ2) is 10.6. The second-order valence-corrected chi connectivity index (χ2v) is 5.23. The monoisotopic (exact) mass is 357 g/mol. The highest BCUT2D eigenvalue weighted by Gasteiger charge is 2.35. The number of carbonyl (C=O) groups excluding carboxylic acids is 1. The average Bonchev–Trinajstić information content (AvgIpc) is 2.60. The molecule has 0 bridgehead atoms. The van der Waals surface area contributed by atoms with Crippen LogP contribution >= 0.6 is 0 Å². The SMILES string of the molecule is C.C.O=C(O)C[C@H]1COC[C@H](NC(=O)Cc2ccc[n+](O)c2)B(O)O1. The van der Waals surface area contributed by atoms with Crippen LogP contribution in [0.15, 0.2) is 24.5 Å². The molecule has 0 saturated carbocycles. The summed E-state index contributed by atoms with van der Waals surface area (Å²) in [5, 5.41) is 30.5. The largest absolute Gasteiger partial charge is 0.481 e. The maximum Gasteiger partial charge on any atom is 0.480 e. The van der Waals surface area contributed by atoms with E-state index in [1.165, 1.54) is 12.4 Å². The van der Waals surface area contributed by atoms with Crippen molar-refractivity contribution in [1.29, 1.82) is 0 Å². The molecule has 1 fully saturated rings. The number of carbonyl (C=O) groups is 2. The van der Waals surface area contributed by atoms with Gasteiger partial charge in [-0.15, -0.1) is 0 Å². The number of ether oxygens (including phenoxy) is 1. The summed E-state index contributed by atoms with van der Waals surface area (Å²) in [5.74, 6) is -2.25. The third-order valence-corrected chi connectivity index (χ3v) is 3.24. The van der Waals surface area contributed by atoms with Crippen molar-refractivity contribution in [3.05, 3.63) is 30.1 Å². The van der Waals surface area contributed by atoms with E-state index in [9.17, 15) is 19.8 Å². The smallest absolute Gasteiger partial charge is 0.480 e. The molecule has 0 unspecified atom stereocenters. The first kappa shape index (κ1) is 22.8. The summed E-state index contributed by atoms with van der Waals surface area (Å²) in [7, 11) is -1.36. The van der Waals surface area contributed by atoms with E-state index >= 15 is 0 Å². The minimum Gasteiger partial charge on any atom is -0.481 e. The number of nitrogens with zero attached hydrogens (tertiary/aromatic N) is 1. The number of carboxylic acids is 1. The Labute approximate surface area is 147 Å². The molecule has 0 radical (unpaired) electrons. The van der Waals surface area contributed by atoms with Crippen molar-refractivity contribution in [3.8, 4) is 0 Å². The van der Waals surface area contributed by atoms with Gasteiger partial charge in [0, 0.05) is 16.4 Å².